The van der Waals surface area contributed by atoms with Crippen LogP contribution in [0.2, 0.25) is 0 Å². The highest BCUT2D eigenvalue weighted by molar-refractivity contribution is 7.80. The van der Waals surface area contributed by atoms with Crippen LogP contribution in [0.5, 0.6) is 11.5 Å². The van der Waals surface area contributed by atoms with E-state index in [2.05, 4.69) is 65.7 Å². The van der Waals surface area contributed by atoms with Gasteiger partial charge >= 0.3 is 0 Å². The predicted molar refractivity (Wildman–Crippen MR) is 124 cm³/mol. The summed E-state index contributed by atoms with van der Waals surface area (Å²) in [6, 6.07) is 14.7. The Kier molecular flexibility index (Phi) is 4.85. The number of rotatable bonds is 4. The number of pyridine rings is 1. The fourth-order valence-corrected chi connectivity index (χ4v) is 5.21. The lowest BCUT2D eigenvalue weighted by atomic mass is 9.96. The molecular weight excluding hydrogens is 408 g/mol. The zero-order valence-corrected chi connectivity index (χ0v) is 18.9. The summed E-state index contributed by atoms with van der Waals surface area (Å²) >= 11 is 5.75. The molecule has 4 heterocycles. The second-order valence-corrected chi connectivity index (χ2v) is 8.71. The molecule has 0 bridgehead atoms. The van der Waals surface area contributed by atoms with Crippen molar-refractivity contribution in [2.24, 2.45) is 0 Å². The first-order chi connectivity index (χ1) is 15.0. The van der Waals surface area contributed by atoms with Gasteiger partial charge < -0.3 is 24.3 Å². The van der Waals surface area contributed by atoms with Gasteiger partial charge in [0.2, 0.25) is 6.79 Å². The Hall–Kier alpha value is -3.06. The number of aromatic nitrogens is 2. The lowest BCUT2D eigenvalue weighted by molar-refractivity contribution is 0.174. The molecule has 3 aromatic rings. The first-order valence-corrected chi connectivity index (χ1v) is 10.9. The Balaban J connectivity index is 1.62. The quantitative estimate of drug-likeness (QED) is 0.606. The molecule has 0 spiro atoms. The fraction of sp³-hybridized carbons (Fsp3) is 0.333. The fourth-order valence-electron chi connectivity index (χ4n) is 4.76. The molecular formula is C24H26N4O2S. The maximum atomic E-state index is 5.75. The number of benzene rings is 1. The molecule has 31 heavy (non-hydrogen) atoms. The van der Waals surface area contributed by atoms with Gasteiger partial charge in [-0.05, 0) is 75.8 Å². The topological polar surface area (TPSA) is 51.6 Å². The maximum Gasteiger partial charge on any atom is 0.231 e. The molecule has 6 nitrogen and oxygen atoms in total. The molecule has 2 aromatic heterocycles. The zero-order valence-electron chi connectivity index (χ0n) is 18.1. The van der Waals surface area contributed by atoms with Gasteiger partial charge in [-0.15, -0.1) is 0 Å². The zero-order chi connectivity index (χ0) is 21.7. The molecule has 0 radical (unpaired) electrons. The molecule has 160 valence electrons. The van der Waals surface area contributed by atoms with Crippen LogP contribution >= 0.6 is 12.2 Å². The Morgan fingerprint density at radius 3 is 2.65 bits per heavy atom. The number of aryl methyl sites for hydroxylation is 1. The van der Waals surface area contributed by atoms with Crippen molar-refractivity contribution in [3.63, 3.8) is 0 Å². The number of ether oxygens (including phenoxy) is 2. The Labute approximate surface area is 187 Å². The van der Waals surface area contributed by atoms with E-state index in [4.69, 9.17) is 21.7 Å². The van der Waals surface area contributed by atoms with Crippen LogP contribution in [-0.2, 0) is 0 Å². The molecule has 0 saturated carbocycles. The van der Waals surface area contributed by atoms with Crippen LogP contribution in [0.3, 0.4) is 0 Å². The highest BCUT2D eigenvalue weighted by Gasteiger charge is 2.42. The molecule has 2 atom stereocenters. The summed E-state index contributed by atoms with van der Waals surface area (Å²) in [5.41, 5.74) is 5.63. The third-order valence-electron chi connectivity index (χ3n) is 6.09. The van der Waals surface area contributed by atoms with E-state index in [1.54, 1.807) is 0 Å². The van der Waals surface area contributed by atoms with Gasteiger partial charge in [0.15, 0.2) is 16.6 Å². The van der Waals surface area contributed by atoms with Crippen molar-refractivity contribution in [3.05, 3.63) is 71.3 Å². The van der Waals surface area contributed by atoms with Gasteiger partial charge in [-0.25, -0.2) is 0 Å². The van der Waals surface area contributed by atoms with Crippen LogP contribution in [0.1, 0.15) is 48.6 Å². The minimum atomic E-state index is -0.0122. The molecule has 0 amide bonds. The molecule has 5 rings (SSSR count). The third kappa shape index (κ3) is 3.24. The molecule has 1 N–H and O–H groups in total. The van der Waals surface area contributed by atoms with Gasteiger partial charge in [0.1, 0.15) is 0 Å². The van der Waals surface area contributed by atoms with E-state index in [1.165, 1.54) is 11.3 Å². The second-order valence-electron chi connectivity index (χ2n) is 8.33. The lowest BCUT2D eigenvalue weighted by Crippen LogP contribution is -2.35. The normalized spacial score (nSPS) is 19.9. The molecule has 7 heteroatoms. The van der Waals surface area contributed by atoms with Crippen LogP contribution in [0.4, 0.5) is 0 Å². The molecule has 0 aliphatic carbocycles. The first-order valence-electron chi connectivity index (χ1n) is 10.5. The third-order valence-corrected chi connectivity index (χ3v) is 6.42. The van der Waals surface area contributed by atoms with Crippen molar-refractivity contribution in [2.45, 2.75) is 45.8 Å². The molecule has 0 unspecified atom stereocenters. The van der Waals surface area contributed by atoms with E-state index in [1.807, 2.05) is 30.5 Å². The molecule has 1 aromatic carbocycles. The van der Waals surface area contributed by atoms with Crippen molar-refractivity contribution in [2.75, 3.05) is 6.79 Å². The summed E-state index contributed by atoms with van der Waals surface area (Å²) in [6.07, 6.45) is 1.84. The number of nitrogens with one attached hydrogen (secondary N) is 1. The average molecular weight is 435 g/mol. The first kappa shape index (κ1) is 19.9. The molecule has 2 aliphatic heterocycles. The lowest BCUT2D eigenvalue weighted by Gasteiger charge is -2.31. The number of fused-ring (bicyclic) bond motifs is 1. The summed E-state index contributed by atoms with van der Waals surface area (Å²) in [7, 11) is 0. The van der Waals surface area contributed by atoms with Crippen LogP contribution < -0.4 is 14.8 Å². The van der Waals surface area contributed by atoms with Crippen molar-refractivity contribution in [1.29, 1.82) is 0 Å². The number of hydrogen-bond donors (Lipinski definition) is 1. The van der Waals surface area contributed by atoms with Crippen molar-refractivity contribution in [1.82, 2.24) is 19.8 Å². The van der Waals surface area contributed by atoms with Gasteiger partial charge in [0, 0.05) is 35.4 Å². The minimum Gasteiger partial charge on any atom is -0.454 e. The van der Waals surface area contributed by atoms with Crippen LogP contribution in [0.25, 0.3) is 5.69 Å². The maximum absolute atomic E-state index is 5.75. The van der Waals surface area contributed by atoms with Gasteiger partial charge in [-0.2, -0.15) is 0 Å². The number of thiocarbonyl (C=S) groups is 1. The van der Waals surface area contributed by atoms with E-state index < -0.39 is 0 Å². The number of nitrogens with zero attached hydrogens (tertiary/aromatic N) is 3. The van der Waals surface area contributed by atoms with Crippen LogP contribution in [0, 0.1) is 13.8 Å². The van der Waals surface area contributed by atoms with E-state index >= 15 is 0 Å². The largest absolute Gasteiger partial charge is 0.454 e. The second kappa shape index (κ2) is 7.57. The van der Waals surface area contributed by atoms with Crippen LogP contribution in [-0.4, -0.2) is 32.4 Å². The van der Waals surface area contributed by atoms with Gasteiger partial charge in [0.05, 0.1) is 17.8 Å². The van der Waals surface area contributed by atoms with Crippen molar-refractivity contribution < 1.29 is 9.47 Å². The monoisotopic (exact) mass is 434 g/mol. The van der Waals surface area contributed by atoms with Crippen molar-refractivity contribution >= 4 is 17.3 Å². The summed E-state index contributed by atoms with van der Waals surface area (Å²) in [5, 5.41) is 4.30. The van der Waals surface area contributed by atoms with Crippen LogP contribution in [0.15, 0.2) is 48.7 Å². The minimum absolute atomic E-state index is 0.0122. The van der Waals surface area contributed by atoms with E-state index in [-0.39, 0.29) is 24.9 Å². The summed E-state index contributed by atoms with van der Waals surface area (Å²) < 4.78 is 13.4. The Morgan fingerprint density at radius 2 is 1.90 bits per heavy atom. The smallest absolute Gasteiger partial charge is 0.231 e. The van der Waals surface area contributed by atoms with Crippen molar-refractivity contribution in [3.8, 4) is 17.2 Å². The average Bonchev–Trinajstić information content (AvgIpc) is 3.43. The van der Waals surface area contributed by atoms with E-state index in [0.29, 0.717) is 0 Å². The Bertz CT molecular complexity index is 1140. The summed E-state index contributed by atoms with van der Waals surface area (Å²) in [4.78, 5) is 6.93. The van der Waals surface area contributed by atoms with Gasteiger partial charge in [-0.1, -0.05) is 6.07 Å². The summed E-state index contributed by atoms with van der Waals surface area (Å²) in [6.45, 7) is 8.94. The SMILES string of the molecule is Cc1cc([C@@H]2[C@H](c3ccccn3)NC(=S)N2C(C)C)c(C)n1-c1ccc2c(c1)OCO2. The predicted octanol–water partition coefficient (Wildman–Crippen LogP) is 4.60. The molecule has 1 saturated heterocycles. The summed E-state index contributed by atoms with van der Waals surface area (Å²) in [5.74, 6) is 1.57. The highest BCUT2D eigenvalue weighted by Crippen LogP contribution is 2.43. The number of hydrogen-bond acceptors (Lipinski definition) is 4. The molecule has 2 aliphatic rings. The Morgan fingerprint density at radius 1 is 1.10 bits per heavy atom. The van der Waals surface area contributed by atoms with E-state index in [0.717, 1.165) is 33.7 Å². The molecule has 1 fully saturated rings. The standard InChI is InChI=1S/C24H26N4O2S/c1-14(2)27-23(22(26-24(27)31)19-7-5-6-10-25-19)18-11-15(3)28(16(18)4)17-8-9-20-21(12-17)30-13-29-20/h5-12,14,22-23H,13H2,1-4H3,(H,26,31)/t22-,23+/m0/s1. The van der Waals surface area contributed by atoms with Gasteiger partial charge in [0.25, 0.3) is 0 Å². The highest BCUT2D eigenvalue weighted by atomic mass is 32.1. The van der Waals surface area contributed by atoms with Gasteiger partial charge in [-0.3, -0.25) is 4.98 Å². The van der Waals surface area contributed by atoms with E-state index in [9.17, 15) is 0 Å².